The minimum absolute atomic E-state index is 0.0813. The molecule has 0 bridgehead atoms. The molecule has 2 nitrogen and oxygen atoms in total. The van der Waals surface area contributed by atoms with Gasteiger partial charge in [-0.05, 0) is 40.6 Å². The SMILES string of the molecule is C[Si](C)(c1ccccc1)C(NP(=O)(c1ccccc1)c1ccccc1)c1cccc2ccccc12. The lowest BCUT2D eigenvalue weighted by atomic mass is 10.0. The predicted octanol–water partition coefficient (Wildman–Crippen LogP) is 6.55. The molecule has 0 radical (unpaired) electrons. The third kappa shape index (κ3) is 4.55. The summed E-state index contributed by atoms with van der Waals surface area (Å²) in [6.45, 7) is 4.75. The summed E-state index contributed by atoms with van der Waals surface area (Å²) >= 11 is 0. The normalized spacial score (nSPS) is 13.0. The Hall–Kier alpha value is -3.23. The molecule has 174 valence electrons. The summed E-state index contributed by atoms with van der Waals surface area (Å²) in [5.74, 6) is 0. The maximum absolute atomic E-state index is 15.1. The molecule has 0 fully saturated rings. The number of benzene rings is 5. The van der Waals surface area contributed by atoms with E-state index >= 15 is 4.57 Å². The van der Waals surface area contributed by atoms with E-state index < -0.39 is 15.4 Å². The maximum Gasteiger partial charge on any atom is 0.204 e. The van der Waals surface area contributed by atoms with Crippen LogP contribution >= 0.6 is 7.29 Å². The van der Waals surface area contributed by atoms with Gasteiger partial charge in [0.05, 0.1) is 0 Å². The molecule has 0 saturated carbocycles. The third-order valence-corrected chi connectivity index (χ3v) is 13.6. The predicted molar refractivity (Wildman–Crippen MR) is 153 cm³/mol. The van der Waals surface area contributed by atoms with Gasteiger partial charge in [0.2, 0.25) is 7.29 Å². The van der Waals surface area contributed by atoms with E-state index in [0.717, 1.165) is 10.6 Å². The summed E-state index contributed by atoms with van der Waals surface area (Å²) in [6, 6.07) is 45.5. The van der Waals surface area contributed by atoms with Crippen LogP contribution in [0.4, 0.5) is 0 Å². The van der Waals surface area contributed by atoms with E-state index in [1.54, 1.807) is 0 Å². The van der Waals surface area contributed by atoms with Crippen molar-refractivity contribution in [3.8, 4) is 0 Å². The van der Waals surface area contributed by atoms with Gasteiger partial charge in [0.1, 0.15) is 8.07 Å². The highest BCUT2D eigenvalue weighted by Crippen LogP contribution is 2.45. The lowest BCUT2D eigenvalue weighted by molar-refractivity contribution is 0.575. The fourth-order valence-electron chi connectivity index (χ4n) is 4.91. The highest BCUT2D eigenvalue weighted by Gasteiger charge is 2.41. The second-order valence-corrected chi connectivity index (χ2v) is 16.6. The molecular formula is C31H30NOPSi. The van der Waals surface area contributed by atoms with Gasteiger partial charge < -0.3 is 0 Å². The van der Waals surface area contributed by atoms with Gasteiger partial charge in [-0.15, -0.1) is 0 Å². The van der Waals surface area contributed by atoms with Crippen molar-refractivity contribution in [3.05, 3.63) is 139 Å². The van der Waals surface area contributed by atoms with E-state index in [4.69, 9.17) is 0 Å². The molecule has 5 aromatic carbocycles. The zero-order chi connectivity index (χ0) is 24.3. The van der Waals surface area contributed by atoms with Gasteiger partial charge in [-0.2, -0.15) is 0 Å². The monoisotopic (exact) mass is 491 g/mol. The first-order valence-electron chi connectivity index (χ1n) is 12.0. The zero-order valence-corrected chi connectivity index (χ0v) is 22.0. The first-order valence-corrected chi connectivity index (χ1v) is 16.8. The first-order chi connectivity index (χ1) is 17.0. The largest absolute Gasteiger partial charge is 0.297 e. The van der Waals surface area contributed by atoms with Crippen molar-refractivity contribution in [3.63, 3.8) is 0 Å². The van der Waals surface area contributed by atoms with Crippen LogP contribution in [0.25, 0.3) is 10.8 Å². The molecule has 1 unspecified atom stereocenters. The molecule has 0 aliphatic heterocycles. The van der Waals surface area contributed by atoms with Gasteiger partial charge >= 0.3 is 0 Å². The molecule has 0 aliphatic carbocycles. The van der Waals surface area contributed by atoms with Crippen molar-refractivity contribution in [2.24, 2.45) is 0 Å². The van der Waals surface area contributed by atoms with Gasteiger partial charge in [-0.1, -0.05) is 127 Å². The van der Waals surface area contributed by atoms with Crippen LogP contribution in [-0.4, -0.2) is 8.07 Å². The lowest BCUT2D eigenvalue weighted by Crippen LogP contribution is -2.53. The molecule has 1 N–H and O–H groups in total. The summed E-state index contributed by atoms with van der Waals surface area (Å²) in [5, 5.41) is 9.22. The Morgan fingerprint density at radius 2 is 1.09 bits per heavy atom. The highest BCUT2D eigenvalue weighted by molar-refractivity contribution is 7.77. The van der Waals surface area contributed by atoms with Crippen molar-refractivity contribution in [2.75, 3.05) is 0 Å². The van der Waals surface area contributed by atoms with Crippen LogP contribution in [0.5, 0.6) is 0 Å². The van der Waals surface area contributed by atoms with E-state index in [9.17, 15) is 0 Å². The molecule has 5 rings (SSSR count). The van der Waals surface area contributed by atoms with Crippen LogP contribution in [0.3, 0.4) is 0 Å². The lowest BCUT2D eigenvalue weighted by Gasteiger charge is -2.38. The molecule has 1 atom stereocenters. The summed E-state index contributed by atoms with van der Waals surface area (Å²) in [4.78, 5) is 0. The van der Waals surface area contributed by atoms with E-state index in [0.29, 0.717) is 0 Å². The first kappa shape index (κ1) is 23.5. The van der Waals surface area contributed by atoms with Crippen LogP contribution in [0.2, 0.25) is 13.1 Å². The van der Waals surface area contributed by atoms with Gasteiger partial charge in [-0.3, -0.25) is 9.65 Å². The number of nitrogens with one attached hydrogen (secondary N) is 1. The van der Waals surface area contributed by atoms with Gasteiger partial charge in [0, 0.05) is 16.3 Å². The van der Waals surface area contributed by atoms with Crippen LogP contribution in [0.15, 0.2) is 133 Å². The minimum Gasteiger partial charge on any atom is -0.297 e. The molecule has 0 saturated heterocycles. The van der Waals surface area contributed by atoms with Gasteiger partial charge in [0.15, 0.2) is 0 Å². The molecular weight excluding hydrogens is 461 g/mol. The molecule has 0 spiro atoms. The van der Waals surface area contributed by atoms with E-state index in [-0.39, 0.29) is 5.67 Å². The zero-order valence-electron chi connectivity index (χ0n) is 20.1. The molecule has 0 heterocycles. The summed E-state index contributed by atoms with van der Waals surface area (Å²) in [6.07, 6.45) is 0. The Morgan fingerprint density at radius 1 is 0.600 bits per heavy atom. The second-order valence-electron chi connectivity index (χ2n) is 9.50. The average molecular weight is 492 g/mol. The fourth-order valence-corrected chi connectivity index (χ4v) is 11.4. The summed E-state index contributed by atoms with van der Waals surface area (Å²) in [5.41, 5.74) is 1.12. The van der Waals surface area contributed by atoms with Crippen molar-refractivity contribution in [1.82, 2.24) is 5.09 Å². The third-order valence-electron chi connectivity index (χ3n) is 6.92. The second kappa shape index (κ2) is 9.79. The minimum atomic E-state index is -3.16. The van der Waals surface area contributed by atoms with Crippen molar-refractivity contribution in [2.45, 2.75) is 18.8 Å². The smallest absolute Gasteiger partial charge is 0.204 e. The van der Waals surface area contributed by atoms with Crippen molar-refractivity contribution < 1.29 is 4.57 Å². The van der Waals surface area contributed by atoms with Gasteiger partial charge in [0.25, 0.3) is 0 Å². The standard InChI is InChI=1S/C31H30NOPSi/c1-35(2,28-21-10-5-11-22-28)31(30-24-14-16-25-15-12-13-23-29(25)30)32-34(33,26-17-6-3-7-18-26)27-19-8-4-9-20-27/h3-24,31H,1-2H3,(H,32,33). The summed E-state index contributed by atoms with van der Waals surface area (Å²) < 4.78 is 15.1. The van der Waals surface area contributed by atoms with Crippen LogP contribution in [0.1, 0.15) is 11.2 Å². The van der Waals surface area contributed by atoms with E-state index in [1.165, 1.54) is 21.5 Å². The van der Waals surface area contributed by atoms with Crippen molar-refractivity contribution in [1.29, 1.82) is 0 Å². The number of hydrogen-bond donors (Lipinski definition) is 1. The molecule has 35 heavy (non-hydrogen) atoms. The Kier molecular flexibility index (Phi) is 6.58. The fraction of sp³-hybridized carbons (Fsp3) is 0.0968. The van der Waals surface area contributed by atoms with Crippen molar-refractivity contribution >= 4 is 41.9 Å². The Labute approximate surface area is 209 Å². The topological polar surface area (TPSA) is 29.1 Å². The Morgan fingerprint density at radius 3 is 1.69 bits per heavy atom. The summed E-state index contributed by atoms with van der Waals surface area (Å²) in [7, 11) is -5.38. The molecule has 4 heteroatoms. The number of rotatable bonds is 7. The van der Waals surface area contributed by atoms with Crippen LogP contribution < -0.4 is 20.9 Å². The highest BCUT2D eigenvalue weighted by atomic mass is 31.2. The quantitative estimate of drug-likeness (QED) is 0.206. The molecule has 0 aromatic heterocycles. The number of fused-ring (bicyclic) bond motifs is 1. The van der Waals surface area contributed by atoms with E-state index in [2.05, 4.69) is 91.0 Å². The van der Waals surface area contributed by atoms with Gasteiger partial charge in [-0.25, -0.2) is 0 Å². The molecule has 0 amide bonds. The Bertz CT molecular complexity index is 1420. The molecule has 0 aliphatic rings. The maximum atomic E-state index is 15.1. The van der Waals surface area contributed by atoms with Crippen LogP contribution in [0, 0.1) is 0 Å². The van der Waals surface area contributed by atoms with E-state index in [1.807, 2.05) is 60.7 Å². The van der Waals surface area contributed by atoms with Crippen LogP contribution in [-0.2, 0) is 4.57 Å². The Balaban J connectivity index is 1.75. The average Bonchev–Trinajstić information content (AvgIpc) is 2.93. The molecule has 5 aromatic rings. The number of hydrogen-bond acceptors (Lipinski definition) is 1.